The maximum Gasteiger partial charge on any atom is 0.0234 e. The molecule has 0 spiro atoms. The van der Waals surface area contributed by atoms with Gasteiger partial charge in [0.2, 0.25) is 0 Å². The molecule has 1 aromatic carbocycles. The molecule has 15 heavy (non-hydrogen) atoms. The summed E-state index contributed by atoms with van der Waals surface area (Å²) in [4.78, 5) is 2.35. The molecule has 84 valence electrons. The van der Waals surface area contributed by atoms with Crippen LogP contribution in [0.1, 0.15) is 12.5 Å². The summed E-state index contributed by atoms with van der Waals surface area (Å²) < 4.78 is 1.14. The van der Waals surface area contributed by atoms with E-state index in [1.807, 2.05) is 7.05 Å². The molecule has 0 bridgehead atoms. The van der Waals surface area contributed by atoms with Crippen molar-refractivity contribution in [2.75, 3.05) is 20.6 Å². The Kier molecular flexibility index (Phi) is 5.29. The number of nitrogens with zero attached hydrogens (tertiary/aromatic N) is 1. The zero-order valence-corrected chi connectivity index (χ0v) is 11.2. The van der Waals surface area contributed by atoms with Gasteiger partial charge in [-0.3, -0.25) is 4.90 Å². The Morgan fingerprint density at radius 1 is 1.33 bits per heavy atom. The van der Waals surface area contributed by atoms with Gasteiger partial charge in [-0.15, -0.1) is 0 Å². The number of nitrogens with one attached hydrogen (secondary N) is 1. The molecule has 3 heteroatoms. The maximum absolute atomic E-state index is 3.44. The minimum Gasteiger partial charge on any atom is -0.318 e. The van der Waals surface area contributed by atoms with E-state index in [9.17, 15) is 0 Å². The highest BCUT2D eigenvalue weighted by atomic mass is 79.9. The van der Waals surface area contributed by atoms with Crippen molar-refractivity contribution in [3.8, 4) is 0 Å². The first-order valence-electron chi connectivity index (χ1n) is 5.22. The Bertz CT molecular complexity index is 284. The van der Waals surface area contributed by atoms with E-state index in [0.29, 0.717) is 6.04 Å². The molecule has 1 aromatic rings. The van der Waals surface area contributed by atoms with Crippen LogP contribution in [0.15, 0.2) is 28.7 Å². The molecule has 0 aromatic heterocycles. The van der Waals surface area contributed by atoms with Crippen molar-refractivity contribution in [3.05, 3.63) is 34.3 Å². The van der Waals surface area contributed by atoms with Gasteiger partial charge in [0.15, 0.2) is 0 Å². The van der Waals surface area contributed by atoms with Crippen LogP contribution in [0.4, 0.5) is 0 Å². The minimum atomic E-state index is 0.554. The quantitative estimate of drug-likeness (QED) is 0.885. The summed E-state index contributed by atoms with van der Waals surface area (Å²) in [6.45, 7) is 4.25. The van der Waals surface area contributed by atoms with Crippen LogP contribution in [0.25, 0.3) is 0 Å². The first-order chi connectivity index (χ1) is 7.13. The van der Waals surface area contributed by atoms with E-state index in [1.165, 1.54) is 5.56 Å². The van der Waals surface area contributed by atoms with Crippen molar-refractivity contribution < 1.29 is 0 Å². The minimum absolute atomic E-state index is 0.554. The highest BCUT2D eigenvalue weighted by Gasteiger charge is 2.07. The van der Waals surface area contributed by atoms with Gasteiger partial charge in [-0.05, 0) is 38.7 Å². The highest BCUT2D eigenvalue weighted by Crippen LogP contribution is 2.12. The van der Waals surface area contributed by atoms with Gasteiger partial charge in [-0.2, -0.15) is 0 Å². The van der Waals surface area contributed by atoms with Crippen LogP contribution in [-0.2, 0) is 6.54 Å². The maximum atomic E-state index is 3.44. The Balaban J connectivity index is 2.50. The standard InChI is InChI=1S/C12H19BrN2/c1-10(8-14-2)15(3)9-11-4-6-12(13)7-5-11/h4-7,10,14H,8-9H2,1-3H3. The number of rotatable bonds is 5. The molecule has 0 fully saturated rings. The lowest BCUT2D eigenvalue weighted by atomic mass is 10.2. The molecule has 1 rings (SSSR count). The van der Waals surface area contributed by atoms with E-state index in [1.54, 1.807) is 0 Å². The number of hydrogen-bond donors (Lipinski definition) is 1. The van der Waals surface area contributed by atoms with Crippen LogP contribution < -0.4 is 5.32 Å². The molecule has 0 aliphatic rings. The van der Waals surface area contributed by atoms with Crippen LogP contribution in [-0.4, -0.2) is 31.6 Å². The fraction of sp³-hybridized carbons (Fsp3) is 0.500. The van der Waals surface area contributed by atoms with Gasteiger partial charge < -0.3 is 5.32 Å². The van der Waals surface area contributed by atoms with Crippen molar-refractivity contribution in [2.24, 2.45) is 0 Å². The van der Waals surface area contributed by atoms with E-state index in [-0.39, 0.29) is 0 Å². The second-order valence-corrected chi connectivity index (χ2v) is 4.86. The lowest BCUT2D eigenvalue weighted by Crippen LogP contribution is -2.36. The molecular weight excluding hydrogens is 252 g/mol. The SMILES string of the molecule is CNCC(C)N(C)Cc1ccc(Br)cc1. The third-order valence-corrected chi connectivity index (χ3v) is 3.13. The average Bonchev–Trinajstić information content (AvgIpc) is 2.22. The Hall–Kier alpha value is -0.380. The average molecular weight is 271 g/mol. The van der Waals surface area contributed by atoms with E-state index < -0.39 is 0 Å². The molecular formula is C12H19BrN2. The fourth-order valence-electron chi connectivity index (χ4n) is 1.48. The molecule has 1 atom stereocenters. The summed E-state index contributed by atoms with van der Waals surface area (Å²) in [5, 5.41) is 3.19. The van der Waals surface area contributed by atoms with Gasteiger partial charge in [0, 0.05) is 23.6 Å². The first-order valence-corrected chi connectivity index (χ1v) is 6.02. The zero-order chi connectivity index (χ0) is 11.3. The molecule has 1 unspecified atom stereocenters. The van der Waals surface area contributed by atoms with Crippen LogP contribution in [0.3, 0.4) is 0 Å². The number of hydrogen-bond acceptors (Lipinski definition) is 2. The number of halogens is 1. The van der Waals surface area contributed by atoms with Gasteiger partial charge >= 0.3 is 0 Å². The van der Waals surface area contributed by atoms with Crippen LogP contribution in [0.5, 0.6) is 0 Å². The molecule has 0 saturated heterocycles. The monoisotopic (exact) mass is 270 g/mol. The predicted octanol–water partition coefficient (Wildman–Crippen LogP) is 2.49. The lowest BCUT2D eigenvalue weighted by molar-refractivity contribution is 0.246. The lowest BCUT2D eigenvalue weighted by Gasteiger charge is -2.24. The summed E-state index contributed by atoms with van der Waals surface area (Å²) in [5.41, 5.74) is 1.35. The Morgan fingerprint density at radius 2 is 1.93 bits per heavy atom. The molecule has 0 aliphatic carbocycles. The van der Waals surface area contributed by atoms with Crippen LogP contribution >= 0.6 is 15.9 Å². The molecule has 2 nitrogen and oxygen atoms in total. The van der Waals surface area contributed by atoms with Crippen molar-refractivity contribution >= 4 is 15.9 Å². The summed E-state index contributed by atoms with van der Waals surface area (Å²) in [7, 11) is 4.15. The van der Waals surface area contributed by atoms with Crippen LogP contribution in [0.2, 0.25) is 0 Å². The number of benzene rings is 1. The topological polar surface area (TPSA) is 15.3 Å². The first kappa shape index (κ1) is 12.7. The van der Waals surface area contributed by atoms with E-state index in [2.05, 4.69) is 64.4 Å². The Labute approximate surface area is 101 Å². The molecule has 1 N–H and O–H groups in total. The van der Waals surface area contributed by atoms with E-state index >= 15 is 0 Å². The van der Waals surface area contributed by atoms with E-state index in [4.69, 9.17) is 0 Å². The van der Waals surface area contributed by atoms with Crippen molar-refractivity contribution in [2.45, 2.75) is 19.5 Å². The summed E-state index contributed by atoms with van der Waals surface area (Å²) in [6.07, 6.45) is 0. The third-order valence-electron chi connectivity index (χ3n) is 2.60. The predicted molar refractivity (Wildman–Crippen MR) is 69.0 cm³/mol. The smallest absolute Gasteiger partial charge is 0.0234 e. The summed E-state index contributed by atoms with van der Waals surface area (Å²) >= 11 is 3.44. The molecule has 0 saturated carbocycles. The van der Waals surface area contributed by atoms with Crippen LogP contribution in [0, 0.1) is 0 Å². The fourth-order valence-corrected chi connectivity index (χ4v) is 1.75. The summed E-state index contributed by atoms with van der Waals surface area (Å²) in [5.74, 6) is 0. The van der Waals surface area contributed by atoms with Crippen molar-refractivity contribution in [3.63, 3.8) is 0 Å². The number of likely N-dealkylation sites (N-methyl/N-ethyl adjacent to an activating group) is 2. The second kappa shape index (κ2) is 6.26. The zero-order valence-electron chi connectivity index (χ0n) is 9.63. The molecule has 0 heterocycles. The van der Waals surface area contributed by atoms with Crippen molar-refractivity contribution in [1.29, 1.82) is 0 Å². The van der Waals surface area contributed by atoms with Gasteiger partial charge in [-0.1, -0.05) is 28.1 Å². The highest BCUT2D eigenvalue weighted by molar-refractivity contribution is 9.10. The van der Waals surface area contributed by atoms with Gasteiger partial charge in [-0.25, -0.2) is 0 Å². The van der Waals surface area contributed by atoms with Gasteiger partial charge in [0.1, 0.15) is 0 Å². The molecule has 0 radical (unpaired) electrons. The second-order valence-electron chi connectivity index (χ2n) is 3.95. The largest absolute Gasteiger partial charge is 0.318 e. The van der Waals surface area contributed by atoms with Gasteiger partial charge in [0.05, 0.1) is 0 Å². The Morgan fingerprint density at radius 3 is 2.47 bits per heavy atom. The van der Waals surface area contributed by atoms with Gasteiger partial charge in [0.25, 0.3) is 0 Å². The summed E-state index contributed by atoms with van der Waals surface area (Å²) in [6, 6.07) is 9.05. The molecule has 0 aliphatic heterocycles. The molecule has 0 amide bonds. The van der Waals surface area contributed by atoms with E-state index in [0.717, 1.165) is 17.6 Å². The van der Waals surface area contributed by atoms with Crippen molar-refractivity contribution in [1.82, 2.24) is 10.2 Å². The normalized spacial score (nSPS) is 13.1. The third kappa shape index (κ3) is 4.33.